The van der Waals surface area contributed by atoms with Crippen LogP contribution in [0.25, 0.3) is 0 Å². The maximum atomic E-state index is 11.8. The lowest BCUT2D eigenvalue weighted by Gasteiger charge is -2.41. The minimum atomic E-state index is -0.201. The summed E-state index contributed by atoms with van der Waals surface area (Å²) in [4.78, 5) is 13.9. The first-order chi connectivity index (χ1) is 8.02. The van der Waals surface area contributed by atoms with Crippen LogP contribution in [0, 0.1) is 5.41 Å². The Bertz CT molecular complexity index is 257. The molecule has 0 aromatic rings. The second-order valence-corrected chi connectivity index (χ2v) is 5.39. The summed E-state index contributed by atoms with van der Waals surface area (Å²) in [7, 11) is 0. The predicted octanol–water partition coefficient (Wildman–Crippen LogP) is 1.42. The number of esters is 1. The molecule has 1 aliphatic heterocycles. The maximum Gasteiger partial charge on any atom is 0.323 e. The number of piperidine rings is 1. The van der Waals surface area contributed by atoms with Crippen LogP contribution in [0.2, 0.25) is 0 Å². The van der Waals surface area contributed by atoms with Gasteiger partial charge in [0.05, 0.1) is 6.61 Å². The van der Waals surface area contributed by atoms with E-state index in [1.165, 1.54) is 0 Å². The van der Waals surface area contributed by atoms with E-state index in [-0.39, 0.29) is 24.0 Å². The molecule has 0 radical (unpaired) electrons. The first-order valence-electron chi connectivity index (χ1n) is 6.54. The van der Waals surface area contributed by atoms with Crippen molar-refractivity contribution >= 4 is 5.97 Å². The molecule has 4 nitrogen and oxygen atoms in total. The van der Waals surface area contributed by atoms with Crippen molar-refractivity contribution in [3.05, 3.63) is 0 Å². The van der Waals surface area contributed by atoms with Crippen LogP contribution in [-0.2, 0) is 9.53 Å². The molecule has 17 heavy (non-hydrogen) atoms. The van der Waals surface area contributed by atoms with Gasteiger partial charge in [-0.15, -0.1) is 0 Å². The fraction of sp³-hybridized carbons (Fsp3) is 0.923. The van der Waals surface area contributed by atoms with Gasteiger partial charge in [-0.1, -0.05) is 13.8 Å². The number of carbonyl (C=O) groups is 1. The molecule has 4 heteroatoms. The largest absolute Gasteiger partial charge is 0.465 e. The van der Waals surface area contributed by atoms with Gasteiger partial charge in [0, 0.05) is 18.6 Å². The average Bonchev–Trinajstić information content (AvgIpc) is 2.35. The minimum absolute atomic E-state index is 0.0719. The zero-order valence-corrected chi connectivity index (χ0v) is 11.2. The van der Waals surface area contributed by atoms with Crippen LogP contribution < -0.4 is 0 Å². The van der Waals surface area contributed by atoms with Gasteiger partial charge in [0.15, 0.2) is 0 Å². The fourth-order valence-corrected chi connectivity index (χ4v) is 2.29. The molecular formula is C13H25NO3. The third-order valence-corrected chi connectivity index (χ3v) is 3.53. The van der Waals surface area contributed by atoms with Crippen LogP contribution in [0.1, 0.15) is 40.0 Å². The number of rotatable bonds is 5. The van der Waals surface area contributed by atoms with E-state index in [0.717, 1.165) is 32.4 Å². The predicted molar refractivity (Wildman–Crippen MR) is 66.7 cm³/mol. The summed E-state index contributed by atoms with van der Waals surface area (Å²) in [5, 5.41) is 9.39. The third kappa shape index (κ3) is 3.96. The molecule has 0 bridgehead atoms. The molecule has 0 amide bonds. The van der Waals surface area contributed by atoms with Crippen LogP contribution in [0.15, 0.2) is 0 Å². The summed E-state index contributed by atoms with van der Waals surface area (Å²) in [5.41, 5.74) is -0.0719. The van der Waals surface area contributed by atoms with E-state index in [0.29, 0.717) is 6.61 Å². The number of ether oxygens (including phenoxy) is 1. The summed E-state index contributed by atoms with van der Waals surface area (Å²) < 4.78 is 5.16. The molecule has 0 aromatic carbocycles. The Morgan fingerprint density at radius 1 is 1.59 bits per heavy atom. The summed E-state index contributed by atoms with van der Waals surface area (Å²) in [6.07, 6.45) is 2.91. The lowest BCUT2D eigenvalue weighted by molar-refractivity contribution is -0.151. The standard InChI is InChI=1S/C13H25NO3/c1-4-8-17-12(16)11(2)14-7-5-6-13(3,9-14)10-15/h11,15H,4-10H2,1-3H3. The van der Waals surface area contributed by atoms with Crippen molar-refractivity contribution in [2.75, 3.05) is 26.3 Å². The van der Waals surface area contributed by atoms with Gasteiger partial charge in [-0.2, -0.15) is 0 Å². The fourth-order valence-electron chi connectivity index (χ4n) is 2.29. The lowest BCUT2D eigenvalue weighted by Crippen LogP contribution is -2.50. The first-order valence-corrected chi connectivity index (χ1v) is 6.54. The minimum Gasteiger partial charge on any atom is -0.465 e. The molecule has 1 heterocycles. The van der Waals surface area contributed by atoms with Crippen molar-refractivity contribution in [1.82, 2.24) is 4.90 Å². The van der Waals surface area contributed by atoms with Crippen LogP contribution in [0.4, 0.5) is 0 Å². The average molecular weight is 243 g/mol. The van der Waals surface area contributed by atoms with Crippen LogP contribution >= 0.6 is 0 Å². The number of hydrogen-bond acceptors (Lipinski definition) is 4. The SMILES string of the molecule is CCCOC(=O)C(C)N1CCCC(C)(CO)C1. The molecule has 1 rings (SSSR count). The van der Waals surface area contributed by atoms with E-state index in [1.54, 1.807) is 0 Å². The van der Waals surface area contributed by atoms with Crippen molar-refractivity contribution in [2.24, 2.45) is 5.41 Å². The van der Waals surface area contributed by atoms with E-state index in [9.17, 15) is 9.90 Å². The van der Waals surface area contributed by atoms with E-state index in [4.69, 9.17) is 4.74 Å². The van der Waals surface area contributed by atoms with Crippen molar-refractivity contribution in [3.8, 4) is 0 Å². The van der Waals surface area contributed by atoms with Crippen molar-refractivity contribution in [3.63, 3.8) is 0 Å². The van der Waals surface area contributed by atoms with Gasteiger partial charge in [-0.25, -0.2) is 0 Å². The lowest BCUT2D eigenvalue weighted by atomic mass is 9.82. The summed E-state index contributed by atoms with van der Waals surface area (Å²) in [6, 6.07) is -0.201. The Balaban J connectivity index is 2.51. The number of carbonyl (C=O) groups excluding carboxylic acids is 1. The number of aliphatic hydroxyl groups excluding tert-OH is 1. The highest BCUT2D eigenvalue weighted by molar-refractivity contribution is 5.75. The number of likely N-dealkylation sites (tertiary alicyclic amines) is 1. The van der Waals surface area contributed by atoms with E-state index < -0.39 is 0 Å². The maximum absolute atomic E-state index is 11.8. The normalized spacial score (nSPS) is 27.8. The van der Waals surface area contributed by atoms with Crippen molar-refractivity contribution < 1.29 is 14.6 Å². The molecule has 1 fully saturated rings. The molecule has 0 aliphatic carbocycles. The Kier molecular flexibility index (Phi) is 5.40. The van der Waals surface area contributed by atoms with Gasteiger partial charge in [-0.3, -0.25) is 9.69 Å². The molecule has 0 aromatic heterocycles. The zero-order chi connectivity index (χ0) is 12.9. The zero-order valence-electron chi connectivity index (χ0n) is 11.2. The Labute approximate surface area is 104 Å². The molecule has 2 atom stereocenters. The summed E-state index contributed by atoms with van der Waals surface area (Å²) in [5.74, 6) is -0.144. The highest BCUT2D eigenvalue weighted by atomic mass is 16.5. The Morgan fingerprint density at radius 2 is 2.29 bits per heavy atom. The van der Waals surface area contributed by atoms with Crippen molar-refractivity contribution in [1.29, 1.82) is 0 Å². The summed E-state index contributed by atoms with van der Waals surface area (Å²) in [6.45, 7) is 8.31. The van der Waals surface area contributed by atoms with Gasteiger partial charge in [-0.05, 0) is 32.7 Å². The first kappa shape index (κ1) is 14.5. The molecule has 100 valence electrons. The van der Waals surface area contributed by atoms with Crippen LogP contribution in [0.5, 0.6) is 0 Å². The quantitative estimate of drug-likeness (QED) is 0.742. The molecule has 2 unspecified atom stereocenters. The van der Waals surface area contributed by atoms with Gasteiger partial charge in [0.25, 0.3) is 0 Å². The van der Waals surface area contributed by atoms with E-state index >= 15 is 0 Å². The second kappa shape index (κ2) is 6.36. The highest BCUT2D eigenvalue weighted by Gasteiger charge is 2.34. The molecule has 1 N–H and O–H groups in total. The molecule has 1 saturated heterocycles. The number of aliphatic hydroxyl groups is 1. The van der Waals surface area contributed by atoms with Gasteiger partial charge >= 0.3 is 5.97 Å². The van der Waals surface area contributed by atoms with Crippen LogP contribution in [-0.4, -0.2) is 48.3 Å². The summed E-state index contributed by atoms with van der Waals surface area (Å²) >= 11 is 0. The van der Waals surface area contributed by atoms with Gasteiger partial charge < -0.3 is 9.84 Å². The van der Waals surface area contributed by atoms with E-state index in [1.807, 2.05) is 13.8 Å². The molecule has 1 aliphatic rings. The van der Waals surface area contributed by atoms with Gasteiger partial charge in [0.1, 0.15) is 6.04 Å². The topological polar surface area (TPSA) is 49.8 Å². The van der Waals surface area contributed by atoms with E-state index in [2.05, 4.69) is 11.8 Å². The second-order valence-electron chi connectivity index (χ2n) is 5.39. The highest BCUT2D eigenvalue weighted by Crippen LogP contribution is 2.29. The third-order valence-electron chi connectivity index (χ3n) is 3.53. The molecule has 0 saturated carbocycles. The number of hydrogen-bond donors (Lipinski definition) is 1. The van der Waals surface area contributed by atoms with Crippen LogP contribution in [0.3, 0.4) is 0 Å². The molecular weight excluding hydrogens is 218 g/mol. The molecule has 0 spiro atoms. The monoisotopic (exact) mass is 243 g/mol. The number of nitrogens with zero attached hydrogens (tertiary/aromatic N) is 1. The van der Waals surface area contributed by atoms with Gasteiger partial charge in [0.2, 0.25) is 0 Å². The smallest absolute Gasteiger partial charge is 0.323 e. The Morgan fingerprint density at radius 3 is 2.88 bits per heavy atom. The van der Waals surface area contributed by atoms with Crippen molar-refractivity contribution in [2.45, 2.75) is 46.1 Å². The Hall–Kier alpha value is -0.610.